The maximum atomic E-state index is 14.0. The minimum absolute atomic E-state index is 0.202. The van der Waals surface area contributed by atoms with Gasteiger partial charge in [0.25, 0.3) is 0 Å². The molecule has 0 radical (unpaired) electrons. The number of ether oxygens (including phenoxy) is 1. The monoisotopic (exact) mass is 238 g/mol. The first kappa shape index (κ1) is 10.9. The summed E-state index contributed by atoms with van der Waals surface area (Å²) in [6, 6.07) is 1.51. The van der Waals surface area contributed by atoms with Gasteiger partial charge in [-0.3, -0.25) is 0 Å². The van der Waals surface area contributed by atoms with Crippen LogP contribution in [0.4, 0.5) is 10.2 Å². The Labute approximate surface area is 99.0 Å². The number of rotatable bonds is 2. The van der Waals surface area contributed by atoms with Crippen LogP contribution in [0.5, 0.6) is 0 Å². The predicted molar refractivity (Wildman–Crippen MR) is 60.2 cm³/mol. The highest BCUT2D eigenvalue weighted by Gasteiger charge is 2.35. The van der Waals surface area contributed by atoms with Crippen LogP contribution in [-0.2, 0) is 11.3 Å². The summed E-state index contributed by atoms with van der Waals surface area (Å²) >= 11 is 0. The van der Waals surface area contributed by atoms with E-state index in [1.54, 1.807) is 6.20 Å². The van der Waals surface area contributed by atoms with Gasteiger partial charge < -0.3 is 14.7 Å². The molecule has 2 aliphatic heterocycles. The van der Waals surface area contributed by atoms with Crippen LogP contribution in [0.15, 0.2) is 12.3 Å². The van der Waals surface area contributed by atoms with E-state index in [1.807, 2.05) is 4.90 Å². The Morgan fingerprint density at radius 3 is 2.76 bits per heavy atom. The molecule has 17 heavy (non-hydrogen) atoms. The second-order valence-electron chi connectivity index (χ2n) is 4.63. The number of halogens is 1. The molecule has 2 aliphatic rings. The molecule has 4 nitrogen and oxygen atoms in total. The minimum Gasteiger partial charge on any atom is -0.392 e. The average Bonchev–Trinajstić information content (AvgIpc) is 2.68. The van der Waals surface area contributed by atoms with Crippen molar-refractivity contribution in [3.63, 3.8) is 0 Å². The van der Waals surface area contributed by atoms with Gasteiger partial charge in [-0.25, -0.2) is 9.37 Å². The third-order valence-electron chi connectivity index (χ3n) is 3.46. The van der Waals surface area contributed by atoms with E-state index < -0.39 is 5.82 Å². The maximum Gasteiger partial charge on any atom is 0.171 e. The number of fused-ring (bicyclic) bond motifs is 2. The van der Waals surface area contributed by atoms with E-state index in [2.05, 4.69) is 4.98 Å². The second-order valence-corrected chi connectivity index (χ2v) is 4.63. The number of pyridine rings is 1. The summed E-state index contributed by atoms with van der Waals surface area (Å²) in [6.07, 6.45) is 4.03. The third-order valence-corrected chi connectivity index (χ3v) is 3.46. The van der Waals surface area contributed by atoms with Crippen molar-refractivity contribution in [3.8, 4) is 0 Å². The fourth-order valence-electron chi connectivity index (χ4n) is 2.60. The van der Waals surface area contributed by atoms with Crippen molar-refractivity contribution in [2.75, 3.05) is 18.0 Å². The lowest BCUT2D eigenvalue weighted by atomic mass is 10.2. The smallest absolute Gasteiger partial charge is 0.171 e. The van der Waals surface area contributed by atoms with Crippen LogP contribution in [0.2, 0.25) is 0 Å². The van der Waals surface area contributed by atoms with Crippen molar-refractivity contribution in [2.45, 2.75) is 31.7 Å². The van der Waals surface area contributed by atoms with Gasteiger partial charge in [-0.2, -0.15) is 0 Å². The van der Waals surface area contributed by atoms with Gasteiger partial charge in [-0.15, -0.1) is 0 Å². The zero-order valence-corrected chi connectivity index (χ0v) is 9.47. The van der Waals surface area contributed by atoms with Crippen molar-refractivity contribution in [3.05, 3.63) is 23.6 Å². The Balaban J connectivity index is 1.89. The molecule has 1 aromatic rings. The van der Waals surface area contributed by atoms with Gasteiger partial charge in [0.05, 0.1) is 18.8 Å². The lowest BCUT2D eigenvalue weighted by molar-refractivity contribution is 0.0300. The molecule has 2 unspecified atom stereocenters. The summed E-state index contributed by atoms with van der Waals surface area (Å²) in [4.78, 5) is 6.02. The van der Waals surface area contributed by atoms with Gasteiger partial charge >= 0.3 is 0 Å². The Hall–Kier alpha value is -1.20. The summed E-state index contributed by atoms with van der Waals surface area (Å²) < 4.78 is 19.7. The van der Waals surface area contributed by atoms with Gasteiger partial charge in [0.2, 0.25) is 0 Å². The van der Waals surface area contributed by atoms with Crippen molar-refractivity contribution in [1.29, 1.82) is 0 Å². The first-order valence-electron chi connectivity index (χ1n) is 5.92. The lowest BCUT2D eigenvalue weighted by Gasteiger charge is -2.33. The maximum absolute atomic E-state index is 14.0. The first-order chi connectivity index (χ1) is 8.28. The van der Waals surface area contributed by atoms with Crippen LogP contribution < -0.4 is 4.90 Å². The number of anilines is 1. The highest BCUT2D eigenvalue weighted by atomic mass is 19.1. The number of hydrogen-bond donors (Lipinski definition) is 1. The van der Waals surface area contributed by atoms with Crippen LogP contribution in [0, 0.1) is 5.82 Å². The molecule has 0 spiro atoms. The highest BCUT2D eigenvalue weighted by Crippen LogP contribution is 2.30. The Morgan fingerprint density at radius 1 is 1.41 bits per heavy atom. The fraction of sp³-hybridized carbons (Fsp3) is 0.583. The number of aliphatic hydroxyl groups is 1. The molecule has 2 atom stereocenters. The Morgan fingerprint density at radius 2 is 2.12 bits per heavy atom. The minimum atomic E-state index is -0.406. The second kappa shape index (κ2) is 4.23. The molecule has 2 bridgehead atoms. The highest BCUT2D eigenvalue weighted by molar-refractivity contribution is 5.44. The van der Waals surface area contributed by atoms with E-state index in [-0.39, 0.29) is 18.8 Å². The Kier molecular flexibility index (Phi) is 2.72. The number of morpholine rings is 1. The molecule has 1 N–H and O–H groups in total. The molecule has 3 heterocycles. The molecule has 0 aromatic carbocycles. The van der Waals surface area contributed by atoms with E-state index in [4.69, 9.17) is 9.84 Å². The molecular weight excluding hydrogens is 223 g/mol. The molecule has 2 saturated heterocycles. The molecule has 3 rings (SSSR count). The summed E-state index contributed by atoms with van der Waals surface area (Å²) in [5.41, 5.74) is 0.300. The number of hydrogen-bond acceptors (Lipinski definition) is 4. The zero-order valence-electron chi connectivity index (χ0n) is 9.47. The van der Waals surface area contributed by atoms with Crippen LogP contribution >= 0.6 is 0 Å². The van der Waals surface area contributed by atoms with E-state index in [0.717, 1.165) is 12.8 Å². The Bertz CT molecular complexity index is 415. The molecule has 0 amide bonds. The van der Waals surface area contributed by atoms with Gasteiger partial charge in [0.1, 0.15) is 0 Å². The summed E-state index contributed by atoms with van der Waals surface area (Å²) in [7, 11) is 0. The van der Waals surface area contributed by atoms with Crippen molar-refractivity contribution in [1.82, 2.24) is 4.98 Å². The van der Waals surface area contributed by atoms with Gasteiger partial charge in [-0.1, -0.05) is 0 Å². The summed E-state index contributed by atoms with van der Waals surface area (Å²) in [5.74, 6) is -0.0620. The predicted octanol–water partition coefficient (Wildman–Crippen LogP) is 1.08. The van der Waals surface area contributed by atoms with Crippen LogP contribution in [0.1, 0.15) is 18.4 Å². The standard InChI is InChI=1S/C12H15FN2O2/c13-11-8(7-16)3-4-14-12(11)15-5-9-1-2-10(6-15)17-9/h3-4,9-10,16H,1-2,5-7H2. The molecule has 1 aromatic heterocycles. The van der Waals surface area contributed by atoms with Crippen molar-refractivity contribution in [2.24, 2.45) is 0 Å². The largest absolute Gasteiger partial charge is 0.392 e. The quantitative estimate of drug-likeness (QED) is 0.837. The zero-order chi connectivity index (χ0) is 11.8. The first-order valence-corrected chi connectivity index (χ1v) is 5.92. The molecule has 0 saturated carbocycles. The van der Waals surface area contributed by atoms with E-state index >= 15 is 0 Å². The van der Waals surface area contributed by atoms with Crippen molar-refractivity contribution >= 4 is 5.82 Å². The third kappa shape index (κ3) is 1.89. The molecular formula is C12H15FN2O2. The molecule has 2 fully saturated rings. The summed E-state index contributed by atoms with van der Waals surface area (Å²) in [5, 5.41) is 9.05. The molecule has 5 heteroatoms. The van der Waals surface area contributed by atoms with Gasteiger partial charge in [0.15, 0.2) is 11.6 Å². The molecule has 0 aliphatic carbocycles. The lowest BCUT2D eigenvalue weighted by Crippen LogP contribution is -2.43. The van der Waals surface area contributed by atoms with E-state index in [1.165, 1.54) is 6.07 Å². The van der Waals surface area contributed by atoms with Crippen molar-refractivity contribution < 1.29 is 14.2 Å². The number of aromatic nitrogens is 1. The molecule has 92 valence electrons. The van der Waals surface area contributed by atoms with Crippen LogP contribution in [0.25, 0.3) is 0 Å². The van der Waals surface area contributed by atoms with Crippen LogP contribution in [0.3, 0.4) is 0 Å². The number of nitrogens with zero attached hydrogens (tertiary/aromatic N) is 2. The van der Waals surface area contributed by atoms with Gasteiger partial charge in [-0.05, 0) is 18.9 Å². The normalized spacial score (nSPS) is 27.5. The topological polar surface area (TPSA) is 45.6 Å². The summed E-state index contributed by atoms with van der Waals surface area (Å²) in [6.45, 7) is 1.09. The number of aliphatic hydroxyl groups excluding tert-OH is 1. The van der Waals surface area contributed by atoms with Crippen LogP contribution in [-0.4, -0.2) is 35.4 Å². The fourth-order valence-corrected chi connectivity index (χ4v) is 2.60. The van der Waals surface area contributed by atoms with Gasteiger partial charge in [0, 0.05) is 24.8 Å². The van der Waals surface area contributed by atoms with E-state index in [9.17, 15) is 4.39 Å². The average molecular weight is 238 g/mol. The SMILES string of the molecule is OCc1ccnc(N2CC3CCC(C2)O3)c1F. The van der Waals surface area contributed by atoms with E-state index in [0.29, 0.717) is 24.5 Å².